The number of ether oxygens (including phenoxy) is 2. The summed E-state index contributed by atoms with van der Waals surface area (Å²) in [4.78, 5) is 28.0. The maximum Gasteiger partial charge on any atom is 0.255 e. The number of anilines is 2. The highest BCUT2D eigenvalue weighted by Gasteiger charge is 2.14. The van der Waals surface area contributed by atoms with E-state index in [9.17, 15) is 9.59 Å². The molecule has 0 fully saturated rings. The van der Waals surface area contributed by atoms with Crippen LogP contribution in [0.15, 0.2) is 29.1 Å². The average Bonchev–Trinajstić information content (AvgIpc) is 2.51. The maximum atomic E-state index is 12.1. The average molecular weight is 316 g/mol. The Morgan fingerprint density at radius 3 is 2.78 bits per heavy atom. The number of hydrogen-bond donors (Lipinski definition) is 2. The highest BCUT2D eigenvalue weighted by molar-refractivity contribution is 5.91. The van der Waals surface area contributed by atoms with Crippen molar-refractivity contribution in [1.29, 1.82) is 0 Å². The van der Waals surface area contributed by atoms with E-state index in [2.05, 4.69) is 10.3 Å². The summed E-state index contributed by atoms with van der Waals surface area (Å²) in [6, 6.07) is 6.42. The second kappa shape index (κ2) is 5.99. The Morgan fingerprint density at radius 1 is 1.30 bits per heavy atom. The van der Waals surface area contributed by atoms with Crippen molar-refractivity contribution in [2.75, 3.05) is 24.3 Å². The van der Waals surface area contributed by atoms with Gasteiger partial charge in [0.15, 0.2) is 11.5 Å². The summed E-state index contributed by atoms with van der Waals surface area (Å²) in [6.07, 6.45) is 0. The van der Waals surface area contributed by atoms with Gasteiger partial charge in [-0.05, 0) is 19.1 Å². The molecule has 3 rings (SSSR count). The van der Waals surface area contributed by atoms with Gasteiger partial charge in [0, 0.05) is 23.5 Å². The van der Waals surface area contributed by atoms with Crippen LogP contribution in [0.3, 0.4) is 0 Å². The Morgan fingerprint density at radius 2 is 2.04 bits per heavy atom. The van der Waals surface area contributed by atoms with E-state index in [-0.39, 0.29) is 24.0 Å². The molecular formula is C15H16N4O4. The zero-order chi connectivity index (χ0) is 16.4. The van der Waals surface area contributed by atoms with Gasteiger partial charge in [-0.25, -0.2) is 4.98 Å². The number of carbonyl (C=O) groups is 1. The molecule has 8 nitrogen and oxygen atoms in total. The van der Waals surface area contributed by atoms with Gasteiger partial charge in [-0.2, -0.15) is 0 Å². The third-order valence-electron chi connectivity index (χ3n) is 3.29. The second-order valence-electron chi connectivity index (χ2n) is 5.09. The molecule has 2 heterocycles. The molecule has 1 amide bonds. The first kappa shape index (κ1) is 14.9. The molecule has 0 spiro atoms. The SMILES string of the molecule is Cc1cc(=O)n(CC(=O)Nc2ccc3c(c2)OCCO3)c(N)n1. The molecule has 2 aromatic rings. The molecule has 0 saturated heterocycles. The molecule has 0 unspecified atom stereocenters. The quantitative estimate of drug-likeness (QED) is 0.855. The van der Waals surface area contributed by atoms with Crippen molar-refractivity contribution in [2.24, 2.45) is 0 Å². The van der Waals surface area contributed by atoms with E-state index in [1.165, 1.54) is 6.07 Å². The lowest BCUT2D eigenvalue weighted by Gasteiger charge is -2.19. The van der Waals surface area contributed by atoms with Crippen molar-refractivity contribution in [2.45, 2.75) is 13.5 Å². The topological polar surface area (TPSA) is 108 Å². The third-order valence-corrected chi connectivity index (χ3v) is 3.29. The van der Waals surface area contributed by atoms with Crippen LogP contribution in [0.2, 0.25) is 0 Å². The molecule has 120 valence electrons. The summed E-state index contributed by atoms with van der Waals surface area (Å²) >= 11 is 0. The van der Waals surface area contributed by atoms with E-state index in [1.54, 1.807) is 25.1 Å². The van der Waals surface area contributed by atoms with E-state index < -0.39 is 0 Å². The zero-order valence-electron chi connectivity index (χ0n) is 12.5. The summed E-state index contributed by atoms with van der Waals surface area (Å²) in [5, 5.41) is 2.69. The first-order valence-corrected chi connectivity index (χ1v) is 7.06. The Kier molecular flexibility index (Phi) is 3.88. The van der Waals surface area contributed by atoms with Crippen molar-refractivity contribution in [3.63, 3.8) is 0 Å². The van der Waals surface area contributed by atoms with Crippen LogP contribution in [-0.2, 0) is 11.3 Å². The van der Waals surface area contributed by atoms with Crippen LogP contribution in [0.4, 0.5) is 11.6 Å². The van der Waals surface area contributed by atoms with Gasteiger partial charge in [0.1, 0.15) is 19.8 Å². The van der Waals surface area contributed by atoms with Crippen molar-refractivity contribution in [1.82, 2.24) is 9.55 Å². The third kappa shape index (κ3) is 3.25. The molecule has 0 atom stereocenters. The van der Waals surface area contributed by atoms with Gasteiger partial charge in [0.05, 0.1) is 0 Å². The monoisotopic (exact) mass is 316 g/mol. The number of aromatic nitrogens is 2. The summed E-state index contributed by atoms with van der Waals surface area (Å²) < 4.78 is 12.0. The second-order valence-corrected chi connectivity index (χ2v) is 5.09. The van der Waals surface area contributed by atoms with Crippen LogP contribution >= 0.6 is 0 Å². The van der Waals surface area contributed by atoms with Crippen LogP contribution in [0.25, 0.3) is 0 Å². The van der Waals surface area contributed by atoms with E-state index in [4.69, 9.17) is 15.2 Å². The number of nitrogen functional groups attached to an aromatic ring is 1. The van der Waals surface area contributed by atoms with Crippen LogP contribution in [0.1, 0.15) is 5.69 Å². The predicted molar refractivity (Wildman–Crippen MR) is 83.7 cm³/mol. The van der Waals surface area contributed by atoms with E-state index in [1.807, 2.05) is 0 Å². The molecule has 0 bridgehead atoms. The fraction of sp³-hybridized carbons (Fsp3) is 0.267. The molecular weight excluding hydrogens is 300 g/mol. The molecule has 1 aliphatic heterocycles. The number of rotatable bonds is 3. The minimum atomic E-state index is -0.388. The Balaban J connectivity index is 1.74. The summed E-state index contributed by atoms with van der Waals surface area (Å²) in [5.74, 6) is 0.827. The molecule has 0 radical (unpaired) electrons. The highest BCUT2D eigenvalue weighted by atomic mass is 16.6. The number of nitrogens with zero attached hydrogens (tertiary/aromatic N) is 2. The van der Waals surface area contributed by atoms with E-state index in [0.29, 0.717) is 36.1 Å². The number of aryl methyl sites for hydroxylation is 1. The highest BCUT2D eigenvalue weighted by Crippen LogP contribution is 2.32. The lowest BCUT2D eigenvalue weighted by molar-refractivity contribution is -0.116. The minimum absolute atomic E-state index is 0.00678. The number of benzene rings is 1. The molecule has 0 saturated carbocycles. The van der Waals surface area contributed by atoms with Gasteiger partial charge in [-0.15, -0.1) is 0 Å². The largest absolute Gasteiger partial charge is 0.486 e. The summed E-state index contributed by atoms with van der Waals surface area (Å²) in [6.45, 7) is 2.41. The standard InChI is InChI=1S/C15H16N4O4/c1-9-6-14(21)19(15(16)17-9)8-13(20)18-10-2-3-11-12(7-10)23-5-4-22-11/h2-3,6-7H,4-5,8H2,1H3,(H2,16,17)(H,18,20). The molecule has 1 aliphatic rings. The van der Waals surface area contributed by atoms with Gasteiger partial charge in [0.25, 0.3) is 5.56 Å². The summed E-state index contributed by atoms with van der Waals surface area (Å²) in [5.41, 5.74) is 6.38. The van der Waals surface area contributed by atoms with Gasteiger partial charge >= 0.3 is 0 Å². The maximum absolute atomic E-state index is 12.1. The first-order valence-electron chi connectivity index (χ1n) is 7.06. The van der Waals surface area contributed by atoms with Gasteiger partial charge < -0.3 is 20.5 Å². The number of amides is 1. The Labute approximate surface area is 131 Å². The lowest BCUT2D eigenvalue weighted by atomic mass is 10.2. The zero-order valence-corrected chi connectivity index (χ0v) is 12.5. The fourth-order valence-electron chi connectivity index (χ4n) is 2.27. The number of fused-ring (bicyclic) bond motifs is 1. The van der Waals surface area contributed by atoms with Crippen molar-refractivity contribution in [3.05, 3.63) is 40.3 Å². The van der Waals surface area contributed by atoms with Crippen LogP contribution in [0, 0.1) is 6.92 Å². The lowest BCUT2D eigenvalue weighted by Crippen LogP contribution is -2.30. The smallest absolute Gasteiger partial charge is 0.255 e. The molecule has 1 aromatic heterocycles. The van der Waals surface area contributed by atoms with E-state index in [0.717, 1.165) is 4.57 Å². The van der Waals surface area contributed by atoms with Gasteiger partial charge in [0.2, 0.25) is 11.9 Å². The normalized spacial score (nSPS) is 12.7. The van der Waals surface area contributed by atoms with Crippen LogP contribution in [0.5, 0.6) is 11.5 Å². The van der Waals surface area contributed by atoms with Crippen LogP contribution < -0.4 is 26.1 Å². The molecule has 3 N–H and O–H groups in total. The number of carbonyl (C=O) groups excluding carboxylic acids is 1. The van der Waals surface area contributed by atoms with Crippen molar-refractivity contribution < 1.29 is 14.3 Å². The Bertz CT molecular complexity index is 816. The molecule has 0 aliphatic carbocycles. The Hall–Kier alpha value is -3.03. The van der Waals surface area contributed by atoms with Crippen LogP contribution in [-0.4, -0.2) is 28.7 Å². The minimum Gasteiger partial charge on any atom is -0.486 e. The fourth-order valence-corrected chi connectivity index (χ4v) is 2.27. The van der Waals surface area contributed by atoms with Gasteiger partial charge in [-0.3, -0.25) is 14.2 Å². The summed E-state index contributed by atoms with van der Waals surface area (Å²) in [7, 11) is 0. The molecule has 1 aromatic carbocycles. The van der Waals surface area contributed by atoms with Crippen molar-refractivity contribution in [3.8, 4) is 11.5 Å². The van der Waals surface area contributed by atoms with Gasteiger partial charge in [-0.1, -0.05) is 0 Å². The first-order chi connectivity index (χ1) is 11.0. The predicted octanol–water partition coefficient (Wildman–Crippen LogP) is 0.544. The molecule has 23 heavy (non-hydrogen) atoms. The van der Waals surface area contributed by atoms with Crippen molar-refractivity contribution >= 4 is 17.5 Å². The molecule has 8 heteroatoms. The number of hydrogen-bond acceptors (Lipinski definition) is 6. The van der Waals surface area contributed by atoms with E-state index >= 15 is 0 Å². The number of nitrogens with one attached hydrogen (secondary N) is 1. The number of nitrogens with two attached hydrogens (primary N) is 1.